The second-order valence-electron chi connectivity index (χ2n) is 7.37. The highest BCUT2D eigenvalue weighted by Gasteiger charge is 2.61. The first-order valence-electron chi connectivity index (χ1n) is 9.13. The third kappa shape index (κ3) is 3.41. The van der Waals surface area contributed by atoms with Gasteiger partial charge in [-0.15, -0.1) is 0 Å². The van der Waals surface area contributed by atoms with E-state index in [1.165, 1.54) is 24.3 Å². The zero-order valence-electron chi connectivity index (χ0n) is 15.1. The van der Waals surface area contributed by atoms with E-state index in [1.54, 1.807) is 4.90 Å². The quantitative estimate of drug-likeness (QED) is 0.779. The molecule has 0 unspecified atom stereocenters. The number of benzene rings is 2. The van der Waals surface area contributed by atoms with Gasteiger partial charge < -0.3 is 9.80 Å². The molecule has 2 atom stereocenters. The van der Waals surface area contributed by atoms with Crippen molar-refractivity contribution in [3.63, 3.8) is 0 Å². The molecule has 0 radical (unpaired) electrons. The summed E-state index contributed by atoms with van der Waals surface area (Å²) >= 11 is 6.11. The van der Waals surface area contributed by atoms with Gasteiger partial charge in [0.15, 0.2) is 0 Å². The summed E-state index contributed by atoms with van der Waals surface area (Å²) in [4.78, 5) is 16.7. The van der Waals surface area contributed by atoms with Gasteiger partial charge in [0.25, 0.3) is 0 Å². The first kappa shape index (κ1) is 18.2. The maximum atomic E-state index is 15.1. The fraction of sp³-hybridized carbons (Fsp3) is 0.381. The van der Waals surface area contributed by atoms with Crippen molar-refractivity contribution < 1.29 is 13.6 Å². The predicted molar refractivity (Wildman–Crippen MR) is 102 cm³/mol. The number of rotatable bonds is 3. The minimum Gasteiger partial charge on any atom is -0.368 e. The fourth-order valence-corrected chi connectivity index (χ4v) is 4.04. The van der Waals surface area contributed by atoms with Gasteiger partial charge in [0.2, 0.25) is 5.91 Å². The number of amides is 1. The molecule has 0 spiro atoms. The first-order chi connectivity index (χ1) is 12.9. The van der Waals surface area contributed by atoms with Crippen LogP contribution in [0.5, 0.6) is 0 Å². The topological polar surface area (TPSA) is 23.6 Å². The molecule has 1 aliphatic heterocycles. The Balaban J connectivity index is 1.39. The third-order valence-corrected chi connectivity index (χ3v) is 5.85. The van der Waals surface area contributed by atoms with Crippen molar-refractivity contribution in [3.8, 4) is 0 Å². The second-order valence-corrected chi connectivity index (χ2v) is 7.81. The van der Waals surface area contributed by atoms with Gasteiger partial charge in [0, 0.05) is 43.3 Å². The lowest BCUT2D eigenvalue weighted by molar-refractivity contribution is -0.134. The maximum absolute atomic E-state index is 15.1. The number of hydrogen-bond donors (Lipinski definition) is 0. The standard InChI is InChI=1S/C21H21ClF2N2O/c1-14-2-5-16(22)12-19(14)25-8-10-26(11-9-25)20(27)18-13-21(18,24)15-3-6-17(23)7-4-15/h2-7,12,18H,8-11,13H2,1H3/t18-,21-/m0/s1. The summed E-state index contributed by atoms with van der Waals surface area (Å²) in [7, 11) is 0. The van der Waals surface area contributed by atoms with E-state index in [0.717, 1.165) is 11.3 Å². The van der Waals surface area contributed by atoms with E-state index in [9.17, 15) is 9.18 Å². The summed E-state index contributed by atoms with van der Waals surface area (Å²) in [5.41, 5.74) is 0.939. The van der Waals surface area contributed by atoms with Crippen LogP contribution < -0.4 is 4.90 Å². The Kier molecular flexibility index (Phi) is 4.58. The second kappa shape index (κ2) is 6.79. The summed E-state index contributed by atoms with van der Waals surface area (Å²) in [6, 6.07) is 11.1. The van der Waals surface area contributed by atoms with Gasteiger partial charge in [-0.05, 0) is 42.3 Å². The normalized spacial score (nSPS) is 24.8. The van der Waals surface area contributed by atoms with E-state index in [1.807, 2.05) is 25.1 Å². The van der Waals surface area contributed by atoms with Gasteiger partial charge in [-0.1, -0.05) is 29.8 Å². The monoisotopic (exact) mass is 390 g/mol. The van der Waals surface area contributed by atoms with Crippen LogP contribution >= 0.6 is 11.6 Å². The van der Waals surface area contributed by atoms with Gasteiger partial charge in [-0.2, -0.15) is 0 Å². The molecule has 27 heavy (non-hydrogen) atoms. The molecule has 4 rings (SSSR count). The number of anilines is 1. The van der Waals surface area contributed by atoms with Crippen LogP contribution in [-0.2, 0) is 10.5 Å². The molecule has 1 saturated carbocycles. The molecule has 0 bridgehead atoms. The van der Waals surface area contributed by atoms with Crippen molar-refractivity contribution in [3.05, 3.63) is 64.4 Å². The average Bonchev–Trinajstić information content (AvgIpc) is 3.36. The Bertz CT molecular complexity index is 865. The summed E-state index contributed by atoms with van der Waals surface area (Å²) in [6.45, 7) is 4.53. The third-order valence-electron chi connectivity index (χ3n) is 5.62. The largest absolute Gasteiger partial charge is 0.368 e. The van der Waals surface area contributed by atoms with Crippen LogP contribution in [0.1, 0.15) is 17.5 Å². The lowest BCUT2D eigenvalue weighted by Gasteiger charge is -2.37. The van der Waals surface area contributed by atoms with Gasteiger partial charge >= 0.3 is 0 Å². The number of piperazine rings is 1. The van der Waals surface area contributed by atoms with E-state index >= 15 is 4.39 Å². The van der Waals surface area contributed by atoms with Gasteiger partial charge in [0.05, 0.1) is 5.92 Å². The molecule has 1 heterocycles. The molecule has 1 saturated heterocycles. The molecular weight excluding hydrogens is 370 g/mol. The molecule has 2 fully saturated rings. The zero-order valence-corrected chi connectivity index (χ0v) is 15.8. The highest BCUT2D eigenvalue weighted by Crippen LogP contribution is 2.56. The Morgan fingerprint density at radius 2 is 1.78 bits per heavy atom. The van der Waals surface area contributed by atoms with Crippen LogP contribution in [0.2, 0.25) is 5.02 Å². The Labute approximate surface area is 162 Å². The minimum absolute atomic E-state index is 0.149. The highest BCUT2D eigenvalue weighted by atomic mass is 35.5. The van der Waals surface area contributed by atoms with Gasteiger partial charge in [-0.25, -0.2) is 8.78 Å². The van der Waals surface area contributed by atoms with Crippen LogP contribution in [0.4, 0.5) is 14.5 Å². The molecule has 2 aromatic rings. The smallest absolute Gasteiger partial charge is 0.229 e. The van der Waals surface area contributed by atoms with Crippen LogP contribution in [0, 0.1) is 18.7 Å². The molecule has 2 aliphatic rings. The number of carbonyl (C=O) groups excluding carboxylic acids is 1. The molecule has 0 N–H and O–H groups in total. The molecule has 3 nitrogen and oxygen atoms in total. The number of aryl methyl sites for hydroxylation is 1. The van der Waals surface area contributed by atoms with E-state index in [0.29, 0.717) is 36.8 Å². The Hall–Kier alpha value is -2.14. The van der Waals surface area contributed by atoms with Crippen molar-refractivity contribution >= 4 is 23.2 Å². The summed E-state index contributed by atoms with van der Waals surface area (Å²) in [5, 5.41) is 0.689. The number of hydrogen-bond acceptors (Lipinski definition) is 2. The fourth-order valence-electron chi connectivity index (χ4n) is 3.88. The van der Waals surface area contributed by atoms with Crippen LogP contribution in [0.3, 0.4) is 0 Å². The molecule has 1 aliphatic carbocycles. The number of alkyl halides is 1. The lowest BCUT2D eigenvalue weighted by atomic mass is 10.1. The van der Waals surface area contributed by atoms with Crippen LogP contribution in [-0.4, -0.2) is 37.0 Å². The van der Waals surface area contributed by atoms with Crippen molar-refractivity contribution in [2.24, 2.45) is 5.92 Å². The van der Waals surface area contributed by atoms with Crippen LogP contribution in [0.25, 0.3) is 0 Å². The lowest BCUT2D eigenvalue weighted by Crippen LogP contribution is -2.49. The van der Waals surface area contributed by atoms with Crippen LogP contribution in [0.15, 0.2) is 42.5 Å². The summed E-state index contributed by atoms with van der Waals surface area (Å²) in [6.07, 6.45) is 0.172. The summed E-state index contributed by atoms with van der Waals surface area (Å²) in [5.74, 6) is -1.22. The molecule has 1 amide bonds. The first-order valence-corrected chi connectivity index (χ1v) is 9.51. The molecule has 0 aromatic heterocycles. The van der Waals surface area contributed by atoms with Gasteiger partial charge in [-0.3, -0.25) is 4.79 Å². The Morgan fingerprint density at radius 3 is 2.44 bits per heavy atom. The molecular formula is C21H21ClF2N2O. The average molecular weight is 391 g/mol. The Morgan fingerprint density at radius 1 is 1.11 bits per heavy atom. The molecule has 142 valence electrons. The van der Waals surface area contributed by atoms with Crippen molar-refractivity contribution in [2.75, 3.05) is 31.1 Å². The van der Waals surface area contributed by atoms with Gasteiger partial charge in [0.1, 0.15) is 11.5 Å². The minimum atomic E-state index is -1.66. The van der Waals surface area contributed by atoms with Crippen molar-refractivity contribution in [1.82, 2.24) is 4.90 Å². The van der Waals surface area contributed by atoms with E-state index in [4.69, 9.17) is 11.6 Å². The SMILES string of the molecule is Cc1ccc(Cl)cc1N1CCN(C(=O)[C@@H]2C[C@]2(F)c2ccc(F)cc2)CC1. The van der Waals surface area contributed by atoms with E-state index in [2.05, 4.69) is 4.90 Å². The number of halogens is 3. The molecule has 2 aromatic carbocycles. The zero-order chi connectivity index (χ0) is 19.2. The molecule has 6 heteroatoms. The van der Waals surface area contributed by atoms with E-state index in [-0.39, 0.29) is 12.3 Å². The number of carbonyl (C=O) groups is 1. The number of nitrogens with zero attached hydrogens (tertiary/aromatic N) is 2. The summed E-state index contributed by atoms with van der Waals surface area (Å²) < 4.78 is 28.1. The van der Waals surface area contributed by atoms with Crippen molar-refractivity contribution in [2.45, 2.75) is 19.0 Å². The van der Waals surface area contributed by atoms with E-state index < -0.39 is 17.4 Å². The van der Waals surface area contributed by atoms with Crippen molar-refractivity contribution in [1.29, 1.82) is 0 Å². The maximum Gasteiger partial charge on any atom is 0.229 e. The highest BCUT2D eigenvalue weighted by molar-refractivity contribution is 6.30. The predicted octanol–water partition coefficient (Wildman–Crippen LogP) is 4.32.